The van der Waals surface area contributed by atoms with E-state index in [4.69, 9.17) is 4.74 Å². The molecule has 0 aliphatic rings. The number of likely N-dealkylation sites (N-methyl/N-ethyl adjacent to an activating group) is 1. The summed E-state index contributed by atoms with van der Waals surface area (Å²) in [5, 5.41) is 12.2. The highest BCUT2D eigenvalue weighted by Crippen LogP contribution is 1.85. The molecule has 0 bridgehead atoms. The molecule has 0 rings (SSSR count). The van der Waals surface area contributed by atoms with Crippen LogP contribution in [0.3, 0.4) is 0 Å². The summed E-state index contributed by atoms with van der Waals surface area (Å²) in [6.45, 7) is 8.15. The summed E-state index contributed by atoms with van der Waals surface area (Å²) in [6, 6.07) is 0. The van der Waals surface area contributed by atoms with Crippen molar-refractivity contribution in [3.63, 3.8) is 0 Å². The molecule has 0 fully saturated rings. The summed E-state index contributed by atoms with van der Waals surface area (Å²) in [4.78, 5) is 0. The Morgan fingerprint density at radius 2 is 2.36 bits per heavy atom. The van der Waals surface area contributed by atoms with E-state index in [-0.39, 0.29) is 6.10 Å². The van der Waals surface area contributed by atoms with Gasteiger partial charge in [0.15, 0.2) is 0 Å². The van der Waals surface area contributed by atoms with Gasteiger partial charge in [-0.1, -0.05) is 13.8 Å². The van der Waals surface area contributed by atoms with Gasteiger partial charge in [-0.2, -0.15) is 0 Å². The second-order valence-electron chi connectivity index (χ2n) is 2.39. The molecule has 0 aromatic heterocycles. The summed E-state index contributed by atoms with van der Waals surface area (Å²) in [6.07, 6.45) is 0.370. The molecule has 1 atom stereocenters. The van der Waals surface area contributed by atoms with Gasteiger partial charge in [0.2, 0.25) is 0 Å². The lowest BCUT2D eigenvalue weighted by Gasteiger charge is -2.10. The van der Waals surface area contributed by atoms with Gasteiger partial charge in [-0.15, -0.1) is 0 Å². The fourth-order valence-corrected chi connectivity index (χ4v) is 0.691. The van der Waals surface area contributed by atoms with Gasteiger partial charge in [0.25, 0.3) is 0 Å². The zero-order valence-electron chi connectivity index (χ0n) is 7.18. The molecule has 2 N–H and O–H groups in total. The van der Waals surface area contributed by atoms with Crippen molar-refractivity contribution in [1.29, 1.82) is 0 Å². The third-order valence-corrected chi connectivity index (χ3v) is 1.23. The first-order valence-electron chi connectivity index (χ1n) is 4.07. The van der Waals surface area contributed by atoms with Crippen LogP contribution in [0.5, 0.6) is 0 Å². The molecular weight excluding hydrogens is 142 g/mol. The molecule has 3 heteroatoms. The molecule has 0 saturated carbocycles. The van der Waals surface area contributed by atoms with Crippen LogP contribution in [0.25, 0.3) is 0 Å². The maximum absolute atomic E-state index is 9.20. The zero-order chi connectivity index (χ0) is 8.53. The maximum atomic E-state index is 9.20. The van der Waals surface area contributed by atoms with E-state index < -0.39 is 0 Å². The Morgan fingerprint density at radius 3 is 2.91 bits per heavy atom. The third-order valence-electron chi connectivity index (χ3n) is 1.23. The van der Waals surface area contributed by atoms with Crippen molar-refractivity contribution in [2.24, 2.45) is 0 Å². The molecule has 0 aromatic carbocycles. The highest BCUT2D eigenvalue weighted by Gasteiger charge is 2.01. The number of aliphatic hydroxyl groups excluding tert-OH is 1. The fraction of sp³-hybridized carbons (Fsp3) is 0.875. The van der Waals surface area contributed by atoms with Crippen LogP contribution in [-0.4, -0.2) is 37.5 Å². The molecule has 0 aliphatic carbocycles. The molecule has 0 amide bonds. The van der Waals surface area contributed by atoms with Crippen molar-refractivity contribution in [2.45, 2.75) is 19.4 Å². The Labute approximate surface area is 68.8 Å². The SMILES string of the molecule is [CH2]CCOCC(O)CNCC. The summed E-state index contributed by atoms with van der Waals surface area (Å²) >= 11 is 0. The largest absolute Gasteiger partial charge is 0.389 e. The molecule has 0 heterocycles. The van der Waals surface area contributed by atoms with E-state index in [0.717, 1.165) is 13.0 Å². The number of ether oxygens (including phenoxy) is 1. The highest BCUT2D eigenvalue weighted by atomic mass is 16.5. The van der Waals surface area contributed by atoms with E-state index in [2.05, 4.69) is 12.2 Å². The quantitative estimate of drug-likeness (QED) is 0.523. The third kappa shape index (κ3) is 7.78. The fourth-order valence-electron chi connectivity index (χ4n) is 0.691. The van der Waals surface area contributed by atoms with Crippen LogP contribution in [0.2, 0.25) is 0 Å². The van der Waals surface area contributed by atoms with E-state index in [1.807, 2.05) is 6.92 Å². The van der Waals surface area contributed by atoms with Crippen LogP contribution < -0.4 is 5.32 Å². The smallest absolute Gasteiger partial charge is 0.0897 e. The summed E-state index contributed by atoms with van der Waals surface area (Å²) < 4.78 is 5.09. The number of nitrogens with one attached hydrogen (secondary N) is 1. The molecule has 1 radical (unpaired) electrons. The highest BCUT2D eigenvalue weighted by molar-refractivity contribution is 4.56. The summed E-state index contributed by atoms with van der Waals surface area (Å²) in [5.41, 5.74) is 0. The minimum Gasteiger partial charge on any atom is -0.389 e. The predicted octanol–water partition coefficient (Wildman–Crippen LogP) is 0.198. The number of aliphatic hydroxyl groups is 1. The van der Waals surface area contributed by atoms with E-state index in [1.165, 1.54) is 0 Å². The van der Waals surface area contributed by atoms with E-state index in [0.29, 0.717) is 19.8 Å². The summed E-state index contributed by atoms with van der Waals surface area (Å²) in [7, 11) is 0. The Kier molecular flexibility index (Phi) is 7.89. The molecule has 0 aliphatic heterocycles. The second kappa shape index (κ2) is 7.98. The zero-order valence-corrected chi connectivity index (χ0v) is 7.18. The lowest BCUT2D eigenvalue weighted by Crippen LogP contribution is -2.30. The van der Waals surface area contributed by atoms with Crippen LogP contribution in [-0.2, 0) is 4.74 Å². The van der Waals surface area contributed by atoms with Crippen molar-refractivity contribution in [3.05, 3.63) is 6.92 Å². The number of rotatable bonds is 7. The standard InChI is InChI=1S/C8H18NO2/c1-3-5-11-7-8(10)6-9-4-2/h8-10H,1,3-7H2,2H3. The van der Waals surface area contributed by atoms with Gasteiger partial charge in [0.05, 0.1) is 12.7 Å². The molecule has 3 nitrogen and oxygen atoms in total. The first-order chi connectivity index (χ1) is 5.31. The Hall–Kier alpha value is -0.120. The average Bonchev–Trinajstić information content (AvgIpc) is 2.01. The van der Waals surface area contributed by atoms with Gasteiger partial charge < -0.3 is 15.2 Å². The monoisotopic (exact) mass is 160 g/mol. The summed E-state index contributed by atoms with van der Waals surface area (Å²) in [5.74, 6) is 0. The van der Waals surface area contributed by atoms with Crippen LogP contribution in [0.15, 0.2) is 0 Å². The number of hydrogen-bond acceptors (Lipinski definition) is 3. The molecule has 0 spiro atoms. The van der Waals surface area contributed by atoms with E-state index in [1.54, 1.807) is 0 Å². The van der Waals surface area contributed by atoms with Crippen molar-refractivity contribution in [3.8, 4) is 0 Å². The maximum Gasteiger partial charge on any atom is 0.0897 e. The van der Waals surface area contributed by atoms with Crippen molar-refractivity contribution < 1.29 is 9.84 Å². The Morgan fingerprint density at radius 1 is 1.64 bits per heavy atom. The van der Waals surface area contributed by atoms with Crippen LogP contribution >= 0.6 is 0 Å². The lowest BCUT2D eigenvalue weighted by molar-refractivity contribution is 0.0391. The minimum atomic E-state index is -0.388. The van der Waals surface area contributed by atoms with Gasteiger partial charge in [0.1, 0.15) is 0 Å². The minimum absolute atomic E-state index is 0.388. The van der Waals surface area contributed by atoms with Crippen molar-refractivity contribution >= 4 is 0 Å². The molecule has 0 aromatic rings. The van der Waals surface area contributed by atoms with Crippen LogP contribution in [0.4, 0.5) is 0 Å². The molecule has 0 saturated heterocycles. The van der Waals surface area contributed by atoms with Gasteiger partial charge in [-0.25, -0.2) is 0 Å². The molecule has 11 heavy (non-hydrogen) atoms. The van der Waals surface area contributed by atoms with Gasteiger partial charge in [-0.3, -0.25) is 0 Å². The predicted molar refractivity (Wildman–Crippen MR) is 45.3 cm³/mol. The average molecular weight is 160 g/mol. The van der Waals surface area contributed by atoms with Gasteiger partial charge in [-0.05, 0) is 13.0 Å². The first kappa shape index (κ1) is 10.9. The molecule has 67 valence electrons. The van der Waals surface area contributed by atoms with E-state index >= 15 is 0 Å². The van der Waals surface area contributed by atoms with Crippen molar-refractivity contribution in [2.75, 3.05) is 26.3 Å². The number of hydrogen-bond donors (Lipinski definition) is 2. The Balaban J connectivity index is 3.02. The lowest BCUT2D eigenvalue weighted by atomic mass is 10.4. The molecule has 1 unspecified atom stereocenters. The van der Waals surface area contributed by atoms with Gasteiger partial charge in [0, 0.05) is 13.2 Å². The second-order valence-corrected chi connectivity index (χ2v) is 2.39. The first-order valence-corrected chi connectivity index (χ1v) is 4.07. The van der Waals surface area contributed by atoms with Crippen molar-refractivity contribution in [1.82, 2.24) is 5.32 Å². The topological polar surface area (TPSA) is 41.5 Å². The van der Waals surface area contributed by atoms with Crippen LogP contribution in [0.1, 0.15) is 13.3 Å². The van der Waals surface area contributed by atoms with Gasteiger partial charge >= 0.3 is 0 Å². The Bertz CT molecular complexity index is 78.5. The van der Waals surface area contributed by atoms with Crippen LogP contribution in [0, 0.1) is 6.92 Å². The normalized spacial score (nSPS) is 13.4. The van der Waals surface area contributed by atoms with E-state index in [9.17, 15) is 5.11 Å². The molecular formula is C8H18NO2.